The van der Waals surface area contributed by atoms with Crippen molar-refractivity contribution in [1.29, 1.82) is 0 Å². The minimum Gasteiger partial charge on any atom is -0.361 e. The molecular formula is C18H18BrN3O. The van der Waals surface area contributed by atoms with Gasteiger partial charge in [0.25, 0.3) is 0 Å². The van der Waals surface area contributed by atoms with Crippen LogP contribution in [0.4, 0.5) is 10.5 Å². The van der Waals surface area contributed by atoms with Gasteiger partial charge in [0.05, 0.1) is 0 Å². The maximum absolute atomic E-state index is 12.0. The van der Waals surface area contributed by atoms with Gasteiger partial charge in [0.1, 0.15) is 0 Å². The molecule has 0 aliphatic rings. The summed E-state index contributed by atoms with van der Waals surface area (Å²) in [6.07, 6.45) is 2.79. The lowest BCUT2D eigenvalue weighted by molar-refractivity contribution is 0.252. The van der Waals surface area contributed by atoms with Crippen molar-refractivity contribution >= 4 is 38.6 Å². The van der Waals surface area contributed by atoms with Crippen LogP contribution in [0.3, 0.4) is 0 Å². The van der Waals surface area contributed by atoms with E-state index in [1.165, 1.54) is 10.9 Å². The van der Waals surface area contributed by atoms with Crippen molar-refractivity contribution in [2.75, 3.05) is 11.9 Å². The Labute approximate surface area is 143 Å². The SMILES string of the molecule is Cc1ccc(NC(=O)NCCc2c[nH]c3ccccc23)cc1Br. The number of rotatable bonds is 4. The van der Waals surface area contributed by atoms with Crippen molar-refractivity contribution < 1.29 is 4.79 Å². The second-order valence-electron chi connectivity index (χ2n) is 5.45. The molecule has 3 rings (SSSR count). The van der Waals surface area contributed by atoms with E-state index in [-0.39, 0.29) is 6.03 Å². The average Bonchev–Trinajstić information content (AvgIpc) is 2.94. The van der Waals surface area contributed by atoms with Crippen LogP contribution in [0.5, 0.6) is 0 Å². The molecule has 0 aliphatic heterocycles. The normalized spacial score (nSPS) is 10.7. The number of urea groups is 1. The van der Waals surface area contributed by atoms with E-state index >= 15 is 0 Å². The lowest BCUT2D eigenvalue weighted by Gasteiger charge is -2.08. The van der Waals surface area contributed by atoms with Crippen molar-refractivity contribution in [3.05, 3.63) is 64.3 Å². The second kappa shape index (κ2) is 6.87. The fraction of sp³-hybridized carbons (Fsp3) is 0.167. The van der Waals surface area contributed by atoms with E-state index in [0.717, 1.165) is 27.7 Å². The predicted octanol–water partition coefficient (Wildman–Crippen LogP) is 4.60. The van der Waals surface area contributed by atoms with Crippen LogP contribution >= 0.6 is 15.9 Å². The predicted molar refractivity (Wildman–Crippen MR) is 97.9 cm³/mol. The summed E-state index contributed by atoms with van der Waals surface area (Å²) in [6, 6.07) is 13.7. The van der Waals surface area contributed by atoms with Crippen LogP contribution in [-0.4, -0.2) is 17.6 Å². The molecule has 0 atom stereocenters. The molecule has 1 aromatic heterocycles. The lowest BCUT2D eigenvalue weighted by atomic mass is 10.1. The zero-order chi connectivity index (χ0) is 16.2. The zero-order valence-electron chi connectivity index (χ0n) is 12.8. The van der Waals surface area contributed by atoms with E-state index in [4.69, 9.17) is 0 Å². The molecule has 2 amide bonds. The van der Waals surface area contributed by atoms with Crippen LogP contribution < -0.4 is 10.6 Å². The molecule has 3 aromatic rings. The minimum absolute atomic E-state index is 0.194. The first-order valence-electron chi connectivity index (χ1n) is 7.49. The summed E-state index contributed by atoms with van der Waals surface area (Å²) in [4.78, 5) is 15.2. The molecular weight excluding hydrogens is 354 g/mol. The Kier molecular flexibility index (Phi) is 4.67. The highest BCUT2D eigenvalue weighted by atomic mass is 79.9. The van der Waals surface area contributed by atoms with Gasteiger partial charge < -0.3 is 15.6 Å². The van der Waals surface area contributed by atoms with E-state index < -0.39 is 0 Å². The third-order valence-electron chi connectivity index (χ3n) is 3.78. The number of aryl methyl sites for hydroxylation is 1. The van der Waals surface area contributed by atoms with E-state index in [2.05, 4.69) is 37.6 Å². The van der Waals surface area contributed by atoms with Crippen LogP contribution in [-0.2, 0) is 6.42 Å². The molecule has 4 nitrogen and oxygen atoms in total. The van der Waals surface area contributed by atoms with Crippen molar-refractivity contribution in [3.63, 3.8) is 0 Å². The van der Waals surface area contributed by atoms with Crippen LogP contribution in [0.25, 0.3) is 10.9 Å². The highest BCUT2D eigenvalue weighted by Crippen LogP contribution is 2.20. The maximum Gasteiger partial charge on any atom is 0.319 e. The van der Waals surface area contributed by atoms with Gasteiger partial charge in [0.2, 0.25) is 0 Å². The van der Waals surface area contributed by atoms with Gasteiger partial charge in [0, 0.05) is 33.8 Å². The number of amides is 2. The number of anilines is 1. The third-order valence-corrected chi connectivity index (χ3v) is 4.64. The van der Waals surface area contributed by atoms with Gasteiger partial charge in [-0.2, -0.15) is 0 Å². The molecule has 0 fully saturated rings. The number of aromatic nitrogens is 1. The number of benzene rings is 2. The Morgan fingerprint density at radius 1 is 1.22 bits per heavy atom. The first-order chi connectivity index (χ1) is 11.1. The minimum atomic E-state index is -0.194. The van der Waals surface area contributed by atoms with E-state index in [1.54, 1.807) is 0 Å². The van der Waals surface area contributed by atoms with Crippen LogP contribution in [0.15, 0.2) is 53.1 Å². The van der Waals surface area contributed by atoms with Crippen molar-refractivity contribution in [2.24, 2.45) is 0 Å². The number of nitrogens with one attached hydrogen (secondary N) is 3. The molecule has 23 heavy (non-hydrogen) atoms. The number of halogens is 1. The van der Waals surface area contributed by atoms with Crippen LogP contribution in [0, 0.1) is 6.92 Å². The molecule has 3 N–H and O–H groups in total. The van der Waals surface area contributed by atoms with Gasteiger partial charge in [-0.05, 0) is 42.7 Å². The van der Waals surface area contributed by atoms with Crippen LogP contribution in [0.2, 0.25) is 0 Å². The summed E-state index contributed by atoms with van der Waals surface area (Å²) in [5.41, 5.74) is 4.23. The number of carbonyl (C=O) groups excluding carboxylic acids is 1. The van der Waals surface area contributed by atoms with E-state index in [1.807, 2.05) is 49.5 Å². The number of aromatic amines is 1. The summed E-state index contributed by atoms with van der Waals surface area (Å²) < 4.78 is 0.981. The van der Waals surface area contributed by atoms with E-state index in [0.29, 0.717) is 6.54 Å². The largest absolute Gasteiger partial charge is 0.361 e. The van der Waals surface area contributed by atoms with E-state index in [9.17, 15) is 4.79 Å². The number of H-pyrrole nitrogens is 1. The highest BCUT2D eigenvalue weighted by Gasteiger charge is 2.05. The number of para-hydroxylation sites is 1. The molecule has 2 aromatic carbocycles. The summed E-state index contributed by atoms with van der Waals surface area (Å²) >= 11 is 3.46. The van der Waals surface area contributed by atoms with Gasteiger partial charge in [-0.3, -0.25) is 0 Å². The fourth-order valence-electron chi connectivity index (χ4n) is 2.50. The van der Waals surface area contributed by atoms with Crippen molar-refractivity contribution in [1.82, 2.24) is 10.3 Å². The first kappa shape index (κ1) is 15.6. The first-order valence-corrected chi connectivity index (χ1v) is 8.29. The Bertz CT molecular complexity index is 841. The molecule has 0 unspecified atom stereocenters. The van der Waals surface area contributed by atoms with Gasteiger partial charge in [-0.1, -0.05) is 40.2 Å². The summed E-state index contributed by atoms with van der Waals surface area (Å²) in [5.74, 6) is 0. The topological polar surface area (TPSA) is 56.9 Å². The molecule has 118 valence electrons. The van der Waals surface area contributed by atoms with Gasteiger partial charge in [0.15, 0.2) is 0 Å². The Morgan fingerprint density at radius 3 is 2.87 bits per heavy atom. The summed E-state index contributed by atoms with van der Waals surface area (Å²) in [5, 5.41) is 6.93. The van der Waals surface area contributed by atoms with Crippen molar-refractivity contribution in [3.8, 4) is 0 Å². The Hall–Kier alpha value is -2.27. The van der Waals surface area contributed by atoms with Gasteiger partial charge in [-0.25, -0.2) is 4.79 Å². The summed E-state index contributed by atoms with van der Waals surface area (Å²) in [6.45, 7) is 2.59. The third kappa shape index (κ3) is 3.74. The molecule has 0 saturated carbocycles. The second-order valence-corrected chi connectivity index (χ2v) is 6.31. The molecule has 0 aliphatic carbocycles. The molecule has 1 heterocycles. The number of carbonyl (C=O) groups is 1. The molecule has 0 radical (unpaired) electrons. The Morgan fingerprint density at radius 2 is 2.04 bits per heavy atom. The zero-order valence-corrected chi connectivity index (χ0v) is 14.4. The van der Waals surface area contributed by atoms with Crippen molar-refractivity contribution in [2.45, 2.75) is 13.3 Å². The smallest absolute Gasteiger partial charge is 0.319 e. The van der Waals surface area contributed by atoms with Gasteiger partial charge in [-0.15, -0.1) is 0 Å². The molecule has 5 heteroatoms. The number of fused-ring (bicyclic) bond motifs is 1. The fourth-order valence-corrected chi connectivity index (χ4v) is 2.87. The average molecular weight is 372 g/mol. The lowest BCUT2D eigenvalue weighted by Crippen LogP contribution is -2.30. The maximum atomic E-state index is 12.0. The number of hydrogen-bond acceptors (Lipinski definition) is 1. The molecule has 0 saturated heterocycles. The molecule has 0 spiro atoms. The number of hydrogen-bond donors (Lipinski definition) is 3. The quantitative estimate of drug-likeness (QED) is 0.616. The Balaban J connectivity index is 1.54. The standard InChI is InChI=1S/C18H18BrN3O/c1-12-6-7-14(10-16(12)19)22-18(23)20-9-8-13-11-21-17-5-3-2-4-15(13)17/h2-7,10-11,21H,8-9H2,1H3,(H2,20,22,23). The van der Waals surface area contributed by atoms with Crippen LogP contribution in [0.1, 0.15) is 11.1 Å². The van der Waals surface area contributed by atoms with Gasteiger partial charge >= 0.3 is 6.03 Å². The molecule has 0 bridgehead atoms. The monoisotopic (exact) mass is 371 g/mol. The summed E-state index contributed by atoms with van der Waals surface area (Å²) in [7, 11) is 0. The highest BCUT2D eigenvalue weighted by molar-refractivity contribution is 9.10.